The number of aliphatic hydroxyl groups is 1. The lowest BCUT2D eigenvalue weighted by atomic mass is 10.0. The van der Waals surface area contributed by atoms with Crippen LogP contribution in [0.4, 0.5) is 0 Å². The van der Waals surface area contributed by atoms with E-state index in [1.54, 1.807) is 59.9 Å². The molecule has 0 saturated carbocycles. The first-order valence-corrected chi connectivity index (χ1v) is 12.0. The zero-order chi connectivity index (χ0) is 24.1. The molecule has 0 spiro atoms. The number of Topliss-reactive ketones (excluding diaryl/α,β-unsaturated/α-hetero) is 1. The largest absolute Gasteiger partial charge is 0.380 e. The fourth-order valence-corrected chi connectivity index (χ4v) is 4.78. The average Bonchev–Trinajstić information content (AvgIpc) is 2.89. The zero-order valence-electron chi connectivity index (χ0n) is 19.1. The van der Waals surface area contributed by atoms with E-state index in [0.29, 0.717) is 17.0 Å². The Morgan fingerprint density at radius 2 is 1.29 bits per heavy atom. The second kappa shape index (κ2) is 10.6. The third-order valence-corrected chi connectivity index (χ3v) is 6.84. The molecule has 1 unspecified atom stereocenters. The number of fused-ring (bicyclic) bond motifs is 2. The van der Waals surface area contributed by atoms with Crippen LogP contribution in [0, 0.1) is 0 Å². The molecular weight excluding hydrogens is 440 g/mol. The molecule has 0 fully saturated rings. The quantitative estimate of drug-likeness (QED) is 0.226. The minimum absolute atomic E-state index is 0.154. The molecule has 0 amide bonds. The number of rotatable bonds is 4. The molecule has 5 aromatic rings. The summed E-state index contributed by atoms with van der Waals surface area (Å²) in [5, 5.41) is 11.6. The van der Waals surface area contributed by atoms with E-state index in [2.05, 4.69) is 26.0 Å². The lowest BCUT2D eigenvalue weighted by Crippen LogP contribution is -2.11. The summed E-state index contributed by atoms with van der Waals surface area (Å²) in [5.41, 5.74) is 2.53. The SMILES string of the molecule is CC(C)c1ccc2sc3ccccc3c(=O)c2c1.O=C(c1ccccc1)C(O)c1ccccc1. The van der Waals surface area contributed by atoms with E-state index in [9.17, 15) is 14.7 Å². The monoisotopic (exact) mass is 466 g/mol. The highest BCUT2D eigenvalue weighted by Gasteiger charge is 2.18. The Bertz CT molecular complexity index is 1470. The van der Waals surface area contributed by atoms with Crippen LogP contribution in [0.15, 0.2) is 108 Å². The molecule has 1 N–H and O–H groups in total. The Balaban J connectivity index is 0.000000162. The van der Waals surface area contributed by atoms with E-state index < -0.39 is 6.10 Å². The molecule has 170 valence electrons. The van der Waals surface area contributed by atoms with E-state index in [1.165, 1.54) is 5.56 Å². The first-order valence-electron chi connectivity index (χ1n) is 11.2. The summed E-state index contributed by atoms with van der Waals surface area (Å²) in [4.78, 5) is 24.4. The third kappa shape index (κ3) is 5.14. The lowest BCUT2D eigenvalue weighted by molar-refractivity contribution is 0.0747. The first-order chi connectivity index (χ1) is 16.5. The number of hydrogen-bond acceptors (Lipinski definition) is 4. The highest BCUT2D eigenvalue weighted by Crippen LogP contribution is 2.27. The Hall–Kier alpha value is -3.60. The lowest BCUT2D eigenvalue weighted by Gasteiger charge is -2.09. The van der Waals surface area contributed by atoms with Gasteiger partial charge in [0.05, 0.1) is 0 Å². The molecule has 0 aliphatic heterocycles. The molecule has 0 radical (unpaired) electrons. The van der Waals surface area contributed by atoms with Gasteiger partial charge in [0.25, 0.3) is 0 Å². The summed E-state index contributed by atoms with van der Waals surface area (Å²) in [6.07, 6.45) is -1.08. The van der Waals surface area contributed by atoms with Crippen LogP contribution < -0.4 is 5.43 Å². The summed E-state index contributed by atoms with van der Waals surface area (Å²) in [6, 6.07) is 31.8. The fraction of sp³-hybridized carbons (Fsp3) is 0.133. The van der Waals surface area contributed by atoms with E-state index in [1.807, 2.05) is 42.5 Å². The second-order valence-corrected chi connectivity index (χ2v) is 9.46. The highest BCUT2D eigenvalue weighted by molar-refractivity contribution is 7.24. The van der Waals surface area contributed by atoms with Gasteiger partial charge in [0.2, 0.25) is 0 Å². The first kappa shape index (κ1) is 23.6. The van der Waals surface area contributed by atoms with E-state index in [-0.39, 0.29) is 11.2 Å². The molecular formula is C30H26O3S. The molecule has 34 heavy (non-hydrogen) atoms. The van der Waals surface area contributed by atoms with Crippen LogP contribution in [0.1, 0.15) is 47.4 Å². The Morgan fingerprint density at radius 1 is 0.706 bits per heavy atom. The Labute approximate surface area is 203 Å². The predicted molar refractivity (Wildman–Crippen MR) is 142 cm³/mol. The Kier molecular flexibility index (Phi) is 7.31. The molecule has 5 rings (SSSR count). The van der Waals surface area contributed by atoms with Crippen molar-refractivity contribution in [2.75, 3.05) is 0 Å². The molecule has 0 aliphatic rings. The number of hydrogen-bond donors (Lipinski definition) is 1. The standard InChI is InChI=1S/C16H14OS.C14H12O2/c1-10(2)11-7-8-15-13(9-11)16(17)12-5-3-4-6-14(12)18-15;15-13(11-7-3-1-4-8-11)14(16)12-9-5-2-6-10-12/h3-10H,1-2H3;1-10,13,15H. The van der Waals surface area contributed by atoms with Crippen LogP contribution in [0.5, 0.6) is 0 Å². The minimum Gasteiger partial charge on any atom is -0.380 e. The molecule has 4 aromatic carbocycles. The van der Waals surface area contributed by atoms with Gasteiger partial charge in [0.15, 0.2) is 11.2 Å². The van der Waals surface area contributed by atoms with Crippen molar-refractivity contribution in [3.63, 3.8) is 0 Å². The van der Waals surface area contributed by atoms with Gasteiger partial charge in [-0.3, -0.25) is 9.59 Å². The molecule has 0 aliphatic carbocycles. The van der Waals surface area contributed by atoms with E-state index in [4.69, 9.17) is 0 Å². The van der Waals surface area contributed by atoms with Gasteiger partial charge in [-0.2, -0.15) is 0 Å². The average molecular weight is 467 g/mol. The third-order valence-electron chi connectivity index (χ3n) is 5.69. The second-order valence-electron chi connectivity index (χ2n) is 8.38. The van der Waals surface area contributed by atoms with Gasteiger partial charge in [-0.05, 0) is 41.3 Å². The van der Waals surface area contributed by atoms with Crippen LogP contribution in [-0.2, 0) is 0 Å². The maximum absolute atomic E-state index is 12.5. The van der Waals surface area contributed by atoms with Gasteiger partial charge in [-0.25, -0.2) is 0 Å². The van der Waals surface area contributed by atoms with Crippen molar-refractivity contribution in [3.05, 3.63) is 130 Å². The molecule has 0 saturated heterocycles. The number of ketones is 1. The number of aliphatic hydroxyl groups excluding tert-OH is 1. The summed E-state index contributed by atoms with van der Waals surface area (Å²) in [7, 11) is 0. The maximum atomic E-state index is 12.5. The Morgan fingerprint density at radius 3 is 1.97 bits per heavy atom. The van der Waals surface area contributed by atoms with E-state index >= 15 is 0 Å². The van der Waals surface area contributed by atoms with E-state index in [0.717, 1.165) is 20.2 Å². The van der Waals surface area contributed by atoms with Gasteiger partial charge in [0, 0.05) is 25.7 Å². The van der Waals surface area contributed by atoms with Crippen molar-refractivity contribution >= 4 is 37.3 Å². The van der Waals surface area contributed by atoms with Crippen molar-refractivity contribution in [2.24, 2.45) is 0 Å². The van der Waals surface area contributed by atoms with Gasteiger partial charge >= 0.3 is 0 Å². The van der Waals surface area contributed by atoms with Crippen LogP contribution >= 0.6 is 11.3 Å². The maximum Gasteiger partial charge on any atom is 0.195 e. The molecule has 3 nitrogen and oxygen atoms in total. The van der Waals surface area contributed by atoms with Crippen molar-refractivity contribution < 1.29 is 9.90 Å². The van der Waals surface area contributed by atoms with Gasteiger partial charge in [-0.15, -0.1) is 11.3 Å². The van der Waals surface area contributed by atoms with Gasteiger partial charge in [0.1, 0.15) is 6.10 Å². The number of carbonyl (C=O) groups excluding carboxylic acids is 1. The fourth-order valence-electron chi connectivity index (χ4n) is 3.73. The molecule has 1 heterocycles. The van der Waals surface area contributed by atoms with Gasteiger partial charge < -0.3 is 5.11 Å². The molecule has 1 atom stereocenters. The normalized spacial score (nSPS) is 11.8. The van der Waals surface area contributed by atoms with Crippen molar-refractivity contribution in [1.29, 1.82) is 0 Å². The smallest absolute Gasteiger partial charge is 0.195 e. The van der Waals surface area contributed by atoms with Crippen LogP contribution in [0.3, 0.4) is 0 Å². The minimum atomic E-state index is -1.08. The van der Waals surface area contributed by atoms with Crippen molar-refractivity contribution in [1.82, 2.24) is 0 Å². The number of carbonyl (C=O) groups is 1. The summed E-state index contributed by atoms with van der Waals surface area (Å²) in [6.45, 7) is 4.30. The topological polar surface area (TPSA) is 54.4 Å². The predicted octanol–water partition coefficient (Wildman–Crippen LogP) is 7.14. The molecule has 1 aromatic heterocycles. The summed E-state index contributed by atoms with van der Waals surface area (Å²) >= 11 is 1.69. The number of benzene rings is 4. The van der Waals surface area contributed by atoms with Gasteiger partial charge in [-0.1, -0.05) is 92.7 Å². The summed E-state index contributed by atoms with van der Waals surface area (Å²) < 4.78 is 2.13. The molecule has 4 heteroatoms. The van der Waals surface area contributed by atoms with Crippen molar-refractivity contribution in [2.45, 2.75) is 25.9 Å². The van der Waals surface area contributed by atoms with Crippen molar-refractivity contribution in [3.8, 4) is 0 Å². The molecule has 0 bridgehead atoms. The highest BCUT2D eigenvalue weighted by atomic mass is 32.1. The zero-order valence-corrected chi connectivity index (χ0v) is 20.0. The van der Waals surface area contributed by atoms with Crippen LogP contribution in [0.2, 0.25) is 0 Å². The summed E-state index contributed by atoms with van der Waals surface area (Å²) in [5.74, 6) is 0.178. The van der Waals surface area contributed by atoms with Crippen LogP contribution in [0.25, 0.3) is 20.2 Å². The van der Waals surface area contributed by atoms with Crippen LogP contribution in [-0.4, -0.2) is 10.9 Å².